The fraction of sp³-hybridized carbons (Fsp3) is 0.822. The molecule has 6 aliphatic carbocycles. The number of sulfone groups is 1. The van der Waals surface area contributed by atoms with Crippen molar-refractivity contribution < 1.29 is 22.7 Å². The van der Waals surface area contributed by atoms with E-state index in [9.17, 15) is 18.0 Å². The standard InChI is InChI=1S/C45H71N3O5S/c1-30(2)33-14-21-44(46-24-25-48-26-28-54(51,52)29-27-48)23-22-42(7)35(38(33)44)10-11-37-41(6)17-15-34(40(4,5)36(41)16-18-43(37,42)8)32-12-19-45(20-13-32,39(50)53-9)47-31(3)49/h12,15,33,35-38,46H,1,10-11,13-14,16-29H2,2-9H3,(H,47,49). The second kappa shape index (κ2) is 13.9. The summed E-state index contributed by atoms with van der Waals surface area (Å²) in [6.45, 7) is 24.6. The fourth-order valence-electron chi connectivity index (χ4n) is 15.0. The van der Waals surface area contributed by atoms with Crippen molar-refractivity contribution in [1.82, 2.24) is 15.5 Å². The molecule has 7 aliphatic rings. The summed E-state index contributed by atoms with van der Waals surface area (Å²) in [6, 6.07) is 0. The number of allylic oxidation sites excluding steroid dienone is 4. The third-order valence-electron chi connectivity index (χ3n) is 17.8. The van der Waals surface area contributed by atoms with Crippen LogP contribution in [-0.2, 0) is 24.2 Å². The first-order valence-electron chi connectivity index (χ1n) is 21.4. The molecular formula is C45H71N3O5S. The summed E-state index contributed by atoms with van der Waals surface area (Å²) in [6.07, 6.45) is 17.8. The zero-order valence-corrected chi connectivity index (χ0v) is 35.7. The molecular weight excluding hydrogens is 695 g/mol. The highest BCUT2D eigenvalue weighted by Gasteiger charge is 2.70. The van der Waals surface area contributed by atoms with Gasteiger partial charge in [-0.05, 0) is 146 Å². The number of rotatable bonds is 8. The highest BCUT2D eigenvalue weighted by molar-refractivity contribution is 7.91. The van der Waals surface area contributed by atoms with Crippen molar-refractivity contribution in [2.45, 2.75) is 137 Å². The Hall–Kier alpha value is -1.97. The van der Waals surface area contributed by atoms with E-state index in [1.807, 2.05) is 0 Å². The first-order chi connectivity index (χ1) is 25.3. The average Bonchev–Trinajstić information content (AvgIpc) is 3.49. The summed E-state index contributed by atoms with van der Waals surface area (Å²) in [5, 5.41) is 7.16. The zero-order valence-electron chi connectivity index (χ0n) is 34.9. The Bertz CT molecular complexity index is 1700. The molecule has 0 aromatic heterocycles. The summed E-state index contributed by atoms with van der Waals surface area (Å²) < 4.78 is 29.3. The third-order valence-corrected chi connectivity index (χ3v) is 19.5. The first kappa shape index (κ1) is 40.2. The van der Waals surface area contributed by atoms with Crippen molar-refractivity contribution in [1.29, 1.82) is 0 Å². The number of ether oxygens (including phenoxy) is 1. The van der Waals surface area contributed by atoms with Gasteiger partial charge in [0.2, 0.25) is 5.91 Å². The fourth-order valence-corrected chi connectivity index (χ4v) is 16.3. The normalized spacial score (nSPS) is 44.0. The maximum Gasteiger partial charge on any atom is 0.331 e. The number of amides is 1. The Morgan fingerprint density at radius 3 is 2.24 bits per heavy atom. The molecule has 8 nitrogen and oxygen atoms in total. The predicted octanol–water partition coefficient (Wildman–Crippen LogP) is 7.41. The van der Waals surface area contributed by atoms with Crippen LogP contribution in [0.2, 0.25) is 0 Å². The number of carbonyl (C=O) groups excluding carboxylic acids is 2. The van der Waals surface area contributed by atoms with Gasteiger partial charge in [-0.15, -0.1) is 0 Å². The molecule has 0 bridgehead atoms. The van der Waals surface area contributed by atoms with Gasteiger partial charge in [0.1, 0.15) is 5.54 Å². The Labute approximate surface area is 327 Å². The monoisotopic (exact) mass is 766 g/mol. The van der Waals surface area contributed by atoms with E-state index < -0.39 is 15.4 Å². The van der Waals surface area contributed by atoms with Crippen LogP contribution >= 0.6 is 0 Å². The minimum atomic E-state index is -2.87. The molecule has 1 aliphatic heterocycles. The molecule has 7 rings (SSSR count). The van der Waals surface area contributed by atoms with Crippen LogP contribution in [0, 0.1) is 51.2 Å². The predicted molar refractivity (Wildman–Crippen MR) is 216 cm³/mol. The van der Waals surface area contributed by atoms with E-state index in [-0.39, 0.29) is 39.1 Å². The quantitative estimate of drug-likeness (QED) is 0.196. The van der Waals surface area contributed by atoms with Crippen molar-refractivity contribution in [2.24, 2.45) is 51.2 Å². The highest BCUT2D eigenvalue weighted by Crippen LogP contribution is 2.76. The molecule has 10 atom stereocenters. The first-order valence-corrected chi connectivity index (χ1v) is 23.2. The van der Waals surface area contributed by atoms with Crippen molar-refractivity contribution in [3.05, 3.63) is 35.5 Å². The molecule has 0 radical (unpaired) electrons. The van der Waals surface area contributed by atoms with Gasteiger partial charge in [-0.3, -0.25) is 4.79 Å². The largest absolute Gasteiger partial charge is 0.467 e. The van der Waals surface area contributed by atoms with E-state index in [0.29, 0.717) is 67.0 Å². The lowest BCUT2D eigenvalue weighted by molar-refractivity contribution is -0.221. The smallest absolute Gasteiger partial charge is 0.331 e. The Morgan fingerprint density at radius 2 is 1.61 bits per heavy atom. The van der Waals surface area contributed by atoms with Gasteiger partial charge < -0.3 is 20.3 Å². The van der Waals surface area contributed by atoms with Crippen LogP contribution in [0.15, 0.2) is 35.5 Å². The van der Waals surface area contributed by atoms with E-state index in [0.717, 1.165) is 25.9 Å². The molecule has 9 heteroatoms. The van der Waals surface area contributed by atoms with Crippen molar-refractivity contribution >= 4 is 21.7 Å². The molecule has 0 aromatic carbocycles. The van der Waals surface area contributed by atoms with Gasteiger partial charge in [-0.25, -0.2) is 13.2 Å². The number of fused-ring (bicyclic) bond motifs is 7. The molecule has 10 unspecified atom stereocenters. The lowest BCUT2D eigenvalue weighted by atomic mass is 9.33. The number of esters is 1. The van der Waals surface area contributed by atoms with E-state index in [4.69, 9.17) is 4.74 Å². The molecule has 1 amide bonds. The second-order valence-corrected chi connectivity index (χ2v) is 22.8. The average molecular weight is 766 g/mol. The molecule has 1 saturated heterocycles. The van der Waals surface area contributed by atoms with Crippen LogP contribution < -0.4 is 10.6 Å². The van der Waals surface area contributed by atoms with Gasteiger partial charge in [0.15, 0.2) is 9.84 Å². The van der Waals surface area contributed by atoms with E-state index >= 15 is 0 Å². The van der Waals surface area contributed by atoms with E-state index in [1.54, 1.807) is 0 Å². The highest BCUT2D eigenvalue weighted by atomic mass is 32.2. The Balaban J connectivity index is 1.12. The van der Waals surface area contributed by atoms with Crippen LogP contribution in [0.5, 0.6) is 0 Å². The Morgan fingerprint density at radius 1 is 0.889 bits per heavy atom. The van der Waals surface area contributed by atoms with Gasteiger partial charge in [0, 0.05) is 38.6 Å². The van der Waals surface area contributed by atoms with Gasteiger partial charge >= 0.3 is 5.97 Å². The second-order valence-electron chi connectivity index (χ2n) is 20.5. The number of methoxy groups -OCH3 is 1. The molecule has 4 saturated carbocycles. The molecule has 0 aromatic rings. The Kier molecular flexibility index (Phi) is 10.3. The number of nitrogens with zero attached hydrogens (tertiary/aromatic N) is 1. The van der Waals surface area contributed by atoms with Gasteiger partial charge in [-0.1, -0.05) is 58.9 Å². The van der Waals surface area contributed by atoms with Crippen LogP contribution in [-0.4, -0.2) is 81.1 Å². The van der Waals surface area contributed by atoms with Gasteiger partial charge in [0.05, 0.1) is 18.6 Å². The lowest BCUT2D eigenvalue weighted by Gasteiger charge is -2.72. The number of carbonyl (C=O) groups is 2. The summed E-state index contributed by atoms with van der Waals surface area (Å²) in [4.78, 5) is 27.4. The number of hydrogen-bond acceptors (Lipinski definition) is 7. The van der Waals surface area contributed by atoms with Crippen LogP contribution in [0.4, 0.5) is 0 Å². The molecule has 2 N–H and O–H groups in total. The van der Waals surface area contributed by atoms with E-state index in [2.05, 4.69) is 75.8 Å². The minimum absolute atomic E-state index is 0.0118. The van der Waals surface area contributed by atoms with Crippen molar-refractivity contribution in [2.75, 3.05) is 44.8 Å². The third kappa shape index (κ3) is 6.22. The number of hydrogen-bond donors (Lipinski definition) is 2. The van der Waals surface area contributed by atoms with Crippen LogP contribution in [0.1, 0.15) is 126 Å². The lowest BCUT2D eigenvalue weighted by Crippen LogP contribution is -2.68. The van der Waals surface area contributed by atoms with Crippen LogP contribution in [0.25, 0.3) is 0 Å². The maximum absolute atomic E-state index is 12.9. The van der Waals surface area contributed by atoms with E-state index in [1.165, 1.54) is 82.1 Å². The summed E-state index contributed by atoms with van der Waals surface area (Å²) >= 11 is 0. The van der Waals surface area contributed by atoms with Crippen molar-refractivity contribution in [3.8, 4) is 0 Å². The van der Waals surface area contributed by atoms with Gasteiger partial charge in [0.25, 0.3) is 0 Å². The molecule has 0 spiro atoms. The minimum Gasteiger partial charge on any atom is -0.467 e. The zero-order chi connectivity index (χ0) is 39.1. The molecule has 302 valence electrons. The molecule has 5 fully saturated rings. The summed E-state index contributed by atoms with van der Waals surface area (Å²) in [5.41, 5.74) is 4.09. The molecule has 1 heterocycles. The topological polar surface area (TPSA) is 105 Å². The SMILES string of the molecule is C=C(C)C1CCC2(NCCN3CCS(=O)(=O)CC3)CCC3(C)C(CCC4C5(C)CC=C(C6=CCC(NC(C)=O)(C(=O)OC)CC6)C(C)(C)C5CCC43C)C12. The van der Waals surface area contributed by atoms with Crippen LogP contribution in [0.3, 0.4) is 0 Å². The van der Waals surface area contributed by atoms with Crippen molar-refractivity contribution in [3.63, 3.8) is 0 Å². The number of nitrogens with one attached hydrogen (secondary N) is 2. The maximum atomic E-state index is 12.9. The summed E-state index contributed by atoms with van der Waals surface area (Å²) in [5.74, 6) is 3.10. The molecule has 54 heavy (non-hydrogen) atoms. The van der Waals surface area contributed by atoms with Gasteiger partial charge in [-0.2, -0.15) is 0 Å². The summed E-state index contributed by atoms with van der Waals surface area (Å²) in [7, 11) is -1.46.